The van der Waals surface area contributed by atoms with Crippen molar-refractivity contribution in [3.8, 4) is 0 Å². The van der Waals surface area contributed by atoms with Crippen molar-refractivity contribution in [2.45, 2.75) is 0 Å². The third-order valence-corrected chi connectivity index (χ3v) is 0. The van der Waals surface area contributed by atoms with Gasteiger partial charge in [0.2, 0.25) is 0 Å². The van der Waals surface area contributed by atoms with Crippen LogP contribution in [-0.2, 0) is 0 Å². The van der Waals surface area contributed by atoms with Gasteiger partial charge in [-0.3, -0.25) is 0 Å². The Bertz CT molecular complexity index is 191. The van der Waals surface area contributed by atoms with Gasteiger partial charge in [0.1, 0.15) is 0 Å². The van der Waals surface area contributed by atoms with Crippen molar-refractivity contribution in [1.82, 2.24) is 0 Å². The van der Waals surface area contributed by atoms with Crippen LogP contribution in [0.2, 0.25) is 0 Å². The summed E-state index contributed by atoms with van der Waals surface area (Å²) < 4.78 is 0. The van der Waals surface area contributed by atoms with Crippen LogP contribution in [0.25, 0.3) is 0 Å². The van der Waals surface area contributed by atoms with Gasteiger partial charge in [-0.15, -0.1) is 0 Å². The first-order chi connectivity index (χ1) is 17.3. The van der Waals surface area contributed by atoms with Crippen molar-refractivity contribution in [3.63, 3.8) is 0 Å². The molecule has 0 aliphatic heterocycles. The molecule has 0 saturated heterocycles. The first-order valence-electron chi connectivity index (χ1n) is 7.75. The van der Waals surface area contributed by atoms with Gasteiger partial charge in [-0.2, -0.15) is 0 Å². The van der Waals surface area contributed by atoms with Crippen molar-refractivity contribution in [3.05, 3.63) is 0 Å². The van der Waals surface area contributed by atoms with Crippen LogP contribution in [-0.4, -0.2) is 283 Å². The first-order valence-corrected chi connectivity index (χ1v) is 7.75. The molecule has 0 heterocycles. The molecule has 0 spiro atoms. The van der Waals surface area contributed by atoms with Crippen LogP contribution in [0, 0.1) is 0 Å². The number of hydrogen-bond acceptors (Lipinski definition) is 30. The molecular weight excluding hydrogens is 634 g/mol. The molecule has 0 saturated carbocycles. The zero-order chi connectivity index (χ0) is 35.8. The van der Waals surface area contributed by atoms with E-state index in [1.54, 1.807) is 0 Å². The molecule has 0 aromatic rings. The van der Waals surface area contributed by atoms with E-state index in [0.717, 1.165) is 0 Å². The predicted octanol–water partition coefficient (Wildman–Crippen LogP) is -21.8. The first kappa shape index (κ1) is 79.2. The average molecular weight is 666 g/mol. The number of rotatable bonds is 0. The Hall–Kier alpha value is 1.45. The maximum absolute atomic E-state index is 7.17. The van der Waals surface area contributed by atoms with Crippen LogP contribution in [0.1, 0.15) is 0 Å². The molecule has 0 radical (unpaired) electrons. The van der Waals surface area contributed by atoms with E-state index in [2.05, 4.69) is 0 Å². The molecular formula is H32B10Na2O30. The normalized spacial score (nSPS) is 6.43. The van der Waals surface area contributed by atoms with Crippen molar-refractivity contribution in [1.29, 1.82) is 0 Å². The molecule has 0 aromatic heterocycles. The standard InChI is InChI=1S/10BH3O3.2Na.2H/c10*2-1(3)4;;;;/h10*2-4H;;;;. The molecule has 0 aliphatic rings. The molecule has 42 heavy (non-hydrogen) atoms. The van der Waals surface area contributed by atoms with E-state index in [4.69, 9.17) is 151 Å². The van der Waals surface area contributed by atoms with E-state index in [1.807, 2.05) is 0 Å². The maximum atomic E-state index is 7.17. The Labute approximate surface area is 281 Å². The van der Waals surface area contributed by atoms with Crippen LogP contribution in [0.15, 0.2) is 0 Å². The van der Waals surface area contributed by atoms with Crippen LogP contribution >= 0.6 is 0 Å². The van der Waals surface area contributed by atoms with Gasteiger partial charge >= 0.3 is 132 Å². The Morgan fingerprint density at radius 3 is 0.119 bits per heavy atom. The molecule has 0 atom stereocenters. The summed E-state index contributed by atoms with van der Waals surface area (Å²) in [6.07, 6.45) is 0. The minimum atomic E-state index is -2.17. The summed E-state index contributed by atoms with van der Waals surface area (Å²) in [5, 5.41) is 215. The summed E-state index contributed by atoms with van der Waals surface area (Å²) in [6.45, 7) is 0. The molecule has 0 unspecified atom stereocenters. The summed E-state index contributed by atoms with van der Waals surface area (Å²) in [5.74, 6) is 0. The van der Waals surface area contributed by atoms with E-state index >= 15 is 0 Å². The second-order valence-corrected chi connectivity index (χ2v) is 3.46. The molecule has 0 aromatic carbocycles. The summed E-state index contributed by atoms with van der Waals surface area (Å²) in [6, 6.07) is 0. The Morgan fingerprint density at radius 2 is 0.119 bits per heavy atom. The summed E-state index contributed by atoms with van der Waals surface area (Å²) in [7, 11) is -21.7. The Kier molecular flexibility index (Phi) is 139. The molecule has 0 amide bonds. The molecule has 0 aliphatic carbocycles. The second-order valence-electron chi connectivity index (χ2n) is 3.46. The van der Waals surface area contributed by atoms with Gasteiger partial charge in [-0.25, -0.2) is 0 Å². The summed E-state index contributed by atoms with van der Waals surface area (Å²) in [5.41, 5.74) is 0. The van der Waals surface area contributed by atoms with E-state index in [9.17, 15) is 0 Å². The quantitative estimate of drug-likeness (QED) is 0.107. The zero-order valence-electron chi connectivity index (χ0n) is 19.2. The van der Waals surface area contributed by atoms with Crippen LogP contribution < -0.4 is 0 Å². The average Bonchev–Trinajstić information content (AvgIpc) is 2.47. The van der Waals surface area contributed by atoms with Gasteiger partial charge in [0.25, 0.3) is 0 Å². The van der Waals surface area contributed by atoms with Crippen molar-refractivity contribution < 1.29 is 151 Å². The van der Waals surface area contributed by atoms with Gasteiger partial charge in [-0.1, -0.05) is 0 Å². The van der Waals surface area contributed by atoms with Crippen LogP contribution in [0.3, 0.4) is 0 Å². The molecule has 30 nitrogen and oxygen atoms in total. The fourth-order valence-electron chi connectivity index (χ4n) is 0. The second kappa shape index (κ2) is 73.7. The zero-order valence-corrected chi connectivity index (χ0v) is 19.2. The third kappa shape index (κ3) is 32300. The van der Waals surface area contributed by atoms with Gasteiger partial charge in [0.15, 0.2) is 0 Å². The number of hydrogen-bond donors (Lipinski definition) is 30. The van der Waals surface area contributed by atoms with Crippen molar-refractivity contribution >= 4 is 132 Å². The van der Waals surface area contributed by atoms with Gasteiger partial charge in [-0.05, 0) is 0 Å². The Morgan fingerprint density at radius 1 is 0.119 bits per heavy atom. The predicted molar refractivity (Wildman–Crippen MR) is 138 cm³/mol. The molecule has 244 valence electrons. The van der Waals surface area contributed by atoms with E-state index in [1.165, 1.54) is 0 Å². The summed E-state index contributed by atoms with van der Waals surface area (Å²) in [4.78, 5) is 0. The molecule has 30 N–H and O–H groups in total. The topological polar surface area (TPSA) is 607 Å². The SMILES string of the molecule is OB(O)O.OB(O)O.OB(O)O.OB(O)O.OB(O)O.OB(O)O.OB(O)O.OB(O)O.OB(O)O.OB(O)O.[NaH].[NaH]. The van der Waals surface area contributed by atoms with Gasteiger partial charge in [0, 0.05) is 0 Å². The third-order valence-electron chi connectivity index (χ3n) is 0. The van der Waals surface area contributed by atoms with Gasteiger partial charge < -0.3 is 151 Å². The van der Waals surface area contributed by atoms with Crippen LogP contribution in [0.5, 0.6) is 0 Å². The molecule has 0 fully saturated rings. The minimum absolute atomic E-state index is 0. The fraction of sp³-hybridized carbons (Fsp3) is 0. The van der Waals surface area contributed by atoms with E-state index in [-0.39, 0.29) is 59.1 Å². The monoisotopic (exact) mass is 668 g/mol. The van der Waals surface area contributed by atoms with Crippen LogP contribution in [0.4, 0.5) is 0 Å². The van der Waals surface area contributed by atoms with E-state index in [0.29, 0.717) is 0 Å². The van der Waals surface area contributed by atoms with E-state index < -0.39 is 73.2 Å². The fourth-order valence-corrected chi connectivity index (χ4v) is 0. The molecule has 0 bridgehead atoms. The summed E-state index contributed by atoms with van der Waals surface area (Å²) >= 11 is 0. The van der Waals surface area contributed by atoms with Crippen molar-refractivity contribution in [2.75, 3.05) is 0 Å². The van der Waals surface area contributed by atoms with Crippen molar-refractivity contribution in [2.24, 2.45) is 0 Å². The molecule has 42 heteroatoms. The molecule has 0 rings (SSSR count). The Balaban J connectivity index is -0.0000000237. The van der Waals surface area contributed by atoms with Gasteiger partial charge in [0.05, 0.1) is 0 Å².